The van der Waals surface area contributed by atoms with Crippen LogP contribution in [0.5, 0.6) is 0 Å². The van der Waals surface area contributed by atoms with Crippen molar-refractivity contribution in [2.45, 2.75) is 391 Å². The van der Waals surface area contributed by atoms with E-state index >= 15 is 0 Å². The topological polar surface area (TPSA) is 1030 Å². The molecule has 11 rings (SSSR count). The fourth-order valence-electron chi connectivity index (χ4n) is 18.6. The van der Waals surface area contributed by atoms with Gasteiger partial charge in [0, 0.05) is 41.0 Å². The maximum Gasteiger partial charge on any atom is 0.397 e. The number of amides is 5. The van der Waals surface area contributed by atoms with Gasteiger partial charge in [0.15, 0.2) is 62.9 Å². The molecule has 0 unspecified atom stereocenters. The number of carboxylic acid groups (broad SMARTS) is 1. The first-order valence-electron chi connectivity index (χ1n) is 45.8. The standard InChI is InChI=1S/C79H131N5O61S/c1-18-40(100)51(111)54(114)72(126-18)124-17-34-61(47(107)36(68(118)127-34)81-20(3)94)136-69-37(82-21(4)95)48(108)58(30(13-90)132-69)137-73-55(115)63(46(106)33(135-73)16-125-76-66(52(112)42(102)26(9-86)130-76)141-70-38(83-22(5)96)49(109)60(32(15-92)133-70)139-75-57(117)65(145-146(121,122)123)45(105)29(12-89)129-75)140-77-67(53(113)43(103)27(10-87)131-77)142-71-39(84-23(6)97)50(110)59(31(14-91)134-71)138-74-56(116)64(44(104)28(11-88)128-74)144-79(78(119)120)7-24(98)35(80-19(2)93)62(143-79)41(101)25(99)8-85/h18,24-77,85-92,98-118H,7-17H2,1-6H3,(H,80,93)(H,81,94)(H,82,95)(H,83,96)(H,84,97)(H,119,120)(H,121,122,123)/t18-,24-,25+,26+,27+,28+,29+,30+,31+,32+,33+,34+,35+,36+,37+,38+,39-,40+,41+,42+,43+,44-,45-,46+,47+,48+,49+,50+,51+,52-,53-,54-,55-,56+,57+,58+,59+,60+,61+,62+,63-,64-,65-,66-,67-,68+,69-,70-,71-,72+,73-,74-,75-,76-,77+,79-/m0/s1. The maximum absolute atomic E-state index is 13.4. The van der Waals surface area contributed by atoms with E-state index in [0.717, 1.165) is 34.6 Å². The molecule has 0 aliphatic carbocycles. The van der Waals surface area contributed by atoms with Gasteiger partial charge < -0.3 is 279 Å². The summed E-state index contributed by atoms with van der Waals surface area (Å²) in [6.07, 6.45) is -114. The van der Waals surface area contributed by atoms with E-state index in [4.69, 9.17) is 99.5 Å². The quantitative estimate of drug-likeness (QED) is 0.0253. The third-order valence-corrected chi connectivity index (χ3v) is 26.6. The highest BCUT2D eigenvalue weighted by atomic mass is 32.3. The van der Waals surface area contributed by atoms with Crippen LogP contribution in [0.15, 0.2) is 0 Å². The van der Waals surface area contributed by atoms with Gasteiger partial charge in [0.2, 0.25) is 29.5 Å². The number of carbonyl (C=O) groups is 6. The summed E-state index contributed by atoms with van der Waals surface area (Å²) >= 11 is 0. The minimum atomic E-state index is -5.54. The van der Waals surface area contributed by atoms with Gasteiger partial charge in [0.1, 0.15) is 256 Å². The second-order valence-corrected chi connectivity index (χ2v) is 37.5. The van der Waals surface area contributed by atoms with E-state index in [9.17, 15) is 195 Å². The third kappa shape index (κ3) is 27.2. The Morgan fingerprint density at radius 1 is 0.329 bits per heavy atom. The largest absolute Gasteiger partial charge is 0.477 e. The van der Waals surface area contributed by atoms with Crippen molar-refractivity contribution in [2.24, 2.45) is 0 Å². The van der Waals surface area contributed by atoms with E-state index in [0.29, 0.717) is 0 Å². The van der Waals surface area contributed by atoms with Crippen molar-refractivity contribution in [2.75, 3.05) is 66.1 Å². The number of hydrogen-bond acceptors (Lipinski definition) is 59. The van der Waals surface area contributed by atoms with Crippen LogP contribution in [0.1, 0.15) is 48.0 Å². The first kappa shape index (κ1) is 121. The number of hydrogen-bond donors (Lipinski definition) is 36. The van der Waals surface area contributed by atoms with Gasteiger partial charge in [-0.15, -0.1) is 0 Å². The molecule has 0 aromatic rings. The van der Waals surface area contributed by atoms with E-state index in [-0.39, 0.29) is 0 Å². The van der Waals surface area contributed by atoms with Crippen LogP contribution >= 0.6 is 0 Å². The zero-order valence-electron chi connectivity index (χ0n) is 78.1. The van der Waals surface area contributed by atoms with Crippen molar-refractivity contribution >= 4 is 45.9 Å². The van der Waals surface area contributed by atoms with Crippen LogP contribution in [0.2, 0.25) is 0 Å². The molecular formula is C79H131N5O61S. The molecule has 11 aliphatic heterocycles. The second-order valence-electron chi connectivity index (χ2n) is 36.5. The van der Waals surface area contributed by atoms with Gasteiger partial charge in [-0.05, 0) is 6.92 Å². The van der Waals surface area contributed by atoms with Crippen molar-refractivity contribution in [3.8, 4) is 0 Å². The van der Waals surface area contributed by atoms with Crippen LogP contribution in [0, 0.1) is 0 Å². The summed E-state index contributed by atoms with van der Waals surface area (Å²) in [7, 11) is -5.54. The molecule has 11 heterocycles. The number of carboxylic acids is 1. The predicted octanol–water partition coefficient (Wildman–Crippen LogP) is -24.2. The van der Waals surface area contributed by atoms with Gasteiger partial charge in [0.05, 0.1) is 84.3 Å². The van der Waals surface area contributed by atoms with Crippen LogP contribution in [0.25, 0.3) is 0 Å². The van der Waals surface area contributed by atoms with Crippen LogP contribution in [0.3, 0.4) is 0 Å². The molecule has 11 aliphatic rings. The maximum atomic E-state index is 13.4. The third-order valence-electron chi connectivity index (χ3n) is 26.1. The number of aliphatic hydroxyl groups is 29. The molecule has 0 bridgehead atoms. The van der Waals surface area contributed by atoms with Crippen molar-refractivity contribution in [1.82, 2.24) is 26.6 Å². The summed E-state index contributed by atoms with van der Waals surface area (Å²) in [6.45, 7) is -6.74. The van der Waals surface area contributed by atoms with Gasteiger partial charge in [-0.2, -0.15) is 8.42 Å². The number of ether oxygens (including phenoxy) is 21. The Hall–Kier alpha value is -5.31. The van der Waals surface area contributed by atoms with E-state index in [2.05, 4.69) is 30.8 Å². The molecule has 0 aromatic heterocycles. The number of nitrogens with one attached hydrogen (secondary N) is 5. The summed E-state index contributed by atoms with van der Waals surface area (Å²) in [4.78, 5) is 78.1. The van der Waals surface area contributed by atoms with Gasteiger partial charge >= 0.3 is 16.4 Å². The smallest absolute Gasteiger partial charge is 0.397 e. The van der Waals surface area contributed by atoms with Crippen LogP contribution in [-0.4, -0.2) is 611 Å². The Morgan fingerprint density at radius 2 is 0.658 bits per heavy atom. The Morgan fingerprint density at radius 3 is 1.08 bits per heavy atom. The lowest BCUT2D eigenvalue weighted by Gasteiger charge is -2.51. The lowest BCUT2D eigenvalue weighted by molar-refractivity contribution is -0.401. The molecule has 0 spiro atoms. The summed E-state index contributed by atoms with van der Waals surface area (Å²) in [5, 5.41) is 352. The normalized spacial score (nSPS) is 47.2. The number of aliphatic carboxylic acids is 1. The molecule has 11 fully saturated rings. The summed E-state index contributed by atoms with van der Waals surface area (Å²) in [5.41, 5.74) is 0. The van der Waals surface area contributed by atoms with E-state index in [1.54, 1.807) is 0 Å². The Balaban J connectivity index is 0.924. The SMILES string of the molecule is CC(=O)N[C@@H]1[C@H](O[C@@H]2[C@@H](O[C@@H]3[C@H](O)[C@H](O[C@H]4[C@H](O)[C@@H](NC(C)=O)[C@H](O[C@H]5[C@H](O)[C@@H](NC(C)=O)[C@H](O)O[C@@H]5CO[C@@H]5O[C@@H](C)[C@@H](O)[C@@H](O)[C@@H]5O)O[C@@H]4CO)O[C@H](CO[C@H]4O[C@H](CO)[C@@H](O)[C@H](O)[C@@H]4O[C@@H]4O[C@H](CO)[C@@H](O[C@@H]5O[C@H](CO)[C@H](O)[C@H](OS(=O)(=O)O)[C@H]5O)[C@H](O)[C@H]4NC(C)=O)[C@H]3O)O[C@H](CO)[C@@H](O)[C@@H]2O)O[C@H](CO)[C@@H](O[C@@H]2O[C@H](CO)[C@H](O)[C@H](O[C@]3(C(=O)O)C[C@H](O)[C@@H](NC(C)=O)[C@H]([C@H](O)[C@H](O)CO)O3)[C@H]2O)[C@@H]1O. The summed E-state index contributed by atoms with van der Waals surface area (Å²) in [6, 6.07) is -10.0. The lowest BCUT2D eigenvalue weighted by atomic mass is 9.88. The van der Waals surface area contributed by atoms with Crippen molar-refractivity contribution in [1.29, 1.82) is 0 Å². The molecule has 56 atom stereocenters. The Labute approximate surface area is 825 Å². The average molecular weight is 2160 g/mol. The van der Waals surface area contributed by atoms with E-state index < -0.39 is 461 Å². The first-order valence-corrected chi connectivity index (χ1v) is 47.2. The zero-order valence-corrected chi connectivity index (χ0v) is 78.9. The minimum absolute atomic E-state index is 0.827. The van der Waals surface area contributed by atoms with Gasteiger partial charge in [-0.3, -0.25) is 28.5 Å². The second kappa shape index (κ2) is 51.8. The van der Waals surface area contributed by atoms with Crippen molar-refractivity contribution in [3.63, 3.8) is 0 Å². The Bertz CT molecular complexity index is 4300. The minimum Gasteiger partial charge on any atom is -0.477 e. The fourth-order valence-corrected chi connectivity index (χ4v) is 19.1. The molecular weight excluding hydrogens is 2030 g/mol. The highest BCUT2D eigenvalue weighted by Crippen LogP contribution is 2.44. The first-order chi connectivity index (χ1) is 68.7. The summed E-state index contributed by atoms with van der Waals surface area (Å²) < 4.78 is 163. The molecule has 0 saturated carbocycles. The molecule has 67 heteroatoms. The summed E-state index contributed by atoms with van der Waals surface area (Å²) in [5.74, 6) is -10.6. The molecule has 36 N–H and O–H groups in total. The van der Waals surface area contributed by atoms with Crippen molar-refractivity contribution in [3.05, 3.63) is 0 Å². The number of rotatable bonds is 40. The fraction of sp³-hybridized carbons (Fsp3) is 0.924. The van der Waals surface area contributed by atoms with E-state index in [1.165, 1.54) is 6.92 Å². The highest BCUT2D eigenvalue weighted by molar-refractivity contribution is 7.80. The number of aliphatic hydroxyl groups excluding tert-OH is 29. The van der Waals surface area contributed by atoms with Gasteiger partial charge in [-0.1, -0.05) is 0 Å². The van der Waals surface area contributed by atoms with Gasteiger partial charge in [-0.25, -0.2) is 8.98 Å². The molecule has 11 saturated heterocycles. The van der Waals surface area contributed by atoms with Crippen molar-refractivity contribution < 1.29 is 299 Å². The molecule has 5 amide bonds. The molecule has 66 nitrogen and oxygen atoms in total. The van der Waals surface area contributed by atoms with Gasteiger partial charge in [0.25, 0.3) is 5.79 Å². The average Bonchev–Trinajstić information content (AvgIpc) is 0.752. The number of carbonyl (C=O) groups excluding carboxylic acids is 5. The predicted molar refractivity (Wildman–Crippen MR) is 447 cm³/mol. The highest BCUT2D eigenvalue weighted by Gasteiger charge is 2.65. The molecule has 0 radical (unpaired) electrons. The Kier molecular flexibility index (Phi) is 42.9. The molecule has 146 heavy (non-hydrogen) atoms. The van der Waals surface area contributed by atoms with Crippen LogP contribution in [-0.2, 0) is 143 Å². The molecule has 844 valence electrons. The van der Waals surface area contributed by atoms with E-state index in [1.807, 2.05) is 0 Å². The molecule has 0 aromatic carbocycles. The monoisotopic (exact) mass is 2160 g/mol. The zero-order chi connectivity index (χ0) is 108. The van der Waals surface area contributed by atoms with Crippen LogP contribution in [0.4, 0.5) is 0 Å². The van der Waals surface area contributed by atoms with Crippen LogP contribution < -0.4 is 26.6 Å². The lowest BCUT2D eigenvalue weighted by Crippen LogP contribution is -2.71.